The fourth-order valence-corrected chi connectivity index (χ4v) is 3.57. The number of nitrogens with zero attached hydrogens (tertiary/aromatic N) is 1. The Morgan fingerprint density at radius 1 is 1.17 bits per heavy atom. The maximum Gasteiger partial charge on any atom is 0.305 e. The summed E-state index contributed by atoms with van der Waals surface area (Å²) in [6.07, 6.45) is 4.26. The number of amides is 3. The normalized spacial score (nSPS) is 18.1. The quantitative estimate of drug-likeness (QED) is 0.385. The third-order valence-electron chi connectivity index (χ3n) is 5.21. The van der Waals surface area contributed by atoms with Crippen LogP contribution < -0.4 is 5.32 Å². The van der Waals surface area contributed by atoms with Crippen molar-refractivity contribution in [2.75, 3.05) is 26.8 Å². The highest BCUT2D eigenvalue weighted by Gasteiger charge is 2.37. The summed E-state index contributed by atoms with van der Waals surface area (Å²) >= 11 is 0. The largest absolute Gasteiger partial charge is 0.469 e. The average molecular weight is 402 g/mol. The van der Waals surface area contributed by atoms with E-state index in [0.717, 1.165) is 25.7 Å². The molecule has 8 nitrogen and oxygen atoms in total. The molecule has 1 N–H and O–H groups in total. The summed E-state index contributed by atoms with van der Waals surface area (Å²) in [5.74, 6) is -1.24. The van der Waals surface area contributed by atoms with E-state index in [1.165, 1.54) is 24.1 Å². The number of hydrogen-bond donors (Lipinski definition) is 1. The lowest BCUT2D eigenvalue weighted by molar-refractivity contribution is -0.140. The Balaban J connectivity index is 1.52. The van der Waals surface area contributed by atoms with Crippen LogP contribution in [-0.2, 0) is 14.3 Å². The molecule has 0 bridgehead atoms. The molecule has 3 rings (SSSR count). The number of unbranched alkanes of at least 4 members (excludes halogenated alkanes) is 2. The van der Waals surface area contributed by atoms with Crippen LogP contribution in [-0.4, -0.2) is 61.5 Å². The van der Waals surface area contributed by atoms with Crippen LogP contribution in [0.4, 0.5) is 0 Å². The number of esters is 1. The van der Waals surface area contributed by atoms with Crippen LogP contribution in [0.1, 0.15) is 69.6 Å². The van der Waals surface area contributed by atoms with Crippen molar-refractivity contribution in [3.05, 3.63) is 34.9 Å². The van der Waals surface area contributed by atoms with Crippen LogP contribution in [0.2, 0.25) is 0 Å². The third-order valence-corrected chi connectivity index (χ3v) is 5.21. The standard InChI is InChI=1S/C21H26N2O6/c1-28-18(24)7-3-2-4-10-22-19(25)14-8-9-16-17(12-14)21(27)23(20(16)26)13-15-6-5-11-29-15/h8-9,12,15H,2-7,10-11,13H2,1H3,(H,22,25). The highest BCUT2D eigenvalue weighted by molar-refractivity contribution is 6.22. The number of fused-ring (bicyclic) bond motifs is 1. The van der Waals surface area contributed by atoms with Gasteiger partial charge in [0.05, 0.1) is 30.9 Å². The minimum absolute atomic E-state index is 0.112. The van der Waals surface area contributed by atoms with E-state index in [0.29, 0.717) is 37.1 Å². The number of benzene rings is 1. The Hall–Kier alpha value is -2.74. The van der Waals surface area contributed by atoms with Gasteiger partial charge in [-0.1, -0.05) is 6.42 Å². The van der Waals surface area contributed by atoms with Crippen molar-refractivity contribution in [1.82, 2.24) is 10.2 Å². The number of nitrogens with one attached hydrogen (secondary N) is 1. The molecule has 1 aromatic carbocycles. The molecule has 0 radical (unpaired) electrons. The van der Waals surface area contributed by atoms with Gasteiger partial charge in [0.15, 0.2) is 0 Å². The summed E-state index contributed by atoms with van der Waals surface area (Å²) in [7, 11) is 1.36. The molecule has 0 aromatic heterocycles. The summed E-state index contributed by atoms with van der Waals surface area (Å²) in [6.45, 7) is 1.37. The second kappa shape index (κ2) is 9.65. The highest BCUT2D eigenvalue weighted by Crippen LogP contribution is 2.26. The molecule has 2 aliphatic heterocycles. The van der Waals surface area contributed by atoms with E-state index < -0.39 is 0 Å². The number of carbonyl (C=O) groups excluding carboxylic acids is 4. The first kappa shape index (κ1) is 21.0. The lowest BCUT2D eigenvalue weighted by Crippen LogP contribution is -2.36. The Kier molecular flexibility index (Phi) is 6.98. The Bertz CT molecular complexity index is 800. The van der Waals surface area contributed by atoms with Crippen molar-refractivity contribution in [3.8, 4) is 0 Å². The number of carbonyl (C=O) groups is 4. The molecule has 1 unspecified atom stereocenters. The fraction of sp³-hybridized carbons (Fsp3) is 0.524. The first-order chi connectivity index (χ1) is 14.0. The molecular formula is C21H26N2O6. The summed E-state index contributed by atoms with van der Waals surface area (Å²) in [5, 5.41) is 2.80. The maximum atomic E-state index is 12.7. The van der Waals surface area contributed by atoms with E-state index in [1.54, 1.807) is 6.07 Å². The topological polar surface area (TPSA) is 102 Å². The van der Waals surface area contributed by atoms with Crippen molar-refractivity contribution >= 4 is 23.7 Å². The van der Waals surface area contributed by atoms with Gasteiger partial charge in [0.1, 0.15) is 0 Å². The van der Waals surface area contributed by atoms with E-state index in [-0.39, 0.29) is 41.9 Å². The van der Waals surface area contributed by atoms with Gasteiger partial charge in [-0.2, -0.15) is 0 Å². The molecule has 8 heteroatoms. The Morgan fingerprint density at radius 2 is 1.97 bits per heavy atom. The van der Waals surface area contributed by atoms with Crippen LogP contribution in [0.25, 0.3) is 0 Å². The zero-order valence-electron chi connectivity index (χ0n) is 16.6. The minimum Gasteiger partial charge on any atom is -0.469 e. The highest BCUT2D eigenvalue weighted by atomic mass is 16.5. The number of hydrogen-bond acceptors (Lipinski definition) is 6. The van der Waals surface area contributed by atoms with Gasteiger partial charge < -0.3 is 14.8 Å². The zero-order chi connectivity index (χ0) is 20.8. The number of rotatable bonds is 9. The summed E-state index contributed by atoms with van der Waals surface area (Å²) in [6, 6.07) is 4.58. The molecule has 1 fully saturated rings. The second-order valence-corrected chi connectivity index (χ2v) is 7.26. The van der Waals surface area contributed by atoms with Gasteiger partial charge in [-0.05, 0) is 43.9 Å². The van der Waals surface area contributed by atoms with Crippen LogP contribution in [0.15, 0.2) is 18.2 Å². The number of methoxy groups -OCH3 is 1. The molecule has 0 spiro atoms. The van der Waals surface area contributed by atoms with E-state index in [9.17, 15) is 19.2 Å². The lowest BCUT2D eigenvalue weighted by atomic mass is 10.1. The molecular weight excluding hydrogens is 376 g/mol. The van der Waals surface area contributed by atoms with Crippen LogP contribution >= 0.6 is 0 Å². The van der Waals surface area contributed by atoms with Gasteiger partial charge in [-0.25, -0.2) is 0 Å². The van der Waals surface area contributed by atoms with Gasteiger partial charge in [0.25, 0.3) is 17.7 Å². The van der Waals surface area contributed by atoms with Gasteiger partial charge in [0.2, 0.25) is 0 Å². The fourth-order valence-electron chi connectivity index (χ4n) is 3.57. The van der Waals surface area contributed by atoms with E-state index in [2.05, 4.69) is 10.1 Å². The Labute approximate surface area is 169 Å². The van der Waals surface area contributed by atoms with E-state index >= 15 is 0 Å². The molecule has 0 aliphatic carbocycles. The first-order valence-electron chi connectivity index (χ1n) is 9.98. The summed E-state index contributed by atoms with van der Waals surface area (Å²) < 4.78 is 10.1. The van der Waals surface area contributed by atoms with Crippen molar-refractivity contribution in [2.24, 2.45) is 0 Å². The number of ether oxygens (including phenoxy) is 2. The van der Waals surface area contributed by atoms with Crippen LogP contribution in [0, 0.1) is 0 Å². The SMILES string of the molecule is COC(=O)CCCCCNC(=O)c1ccc2c(c1)C(=O)N(CC1CCCO1)C2=O. The molecule has 1 saturated heterocycles. The van der Waals surface area contributed by atoms with Gasteiger partial charge in [-0.3, -0.25) is 24.1 Å². The Morgan fingerprint density at radius 3 is 2.69 bits per heavy atom. The van der Waals surface area contributed by atoms with Gasteiger partial charge in [0, 0.05) is 25.1 Å². The van der Waals surface area contributed by atoms with E-state index in [4.69, 9.17) is 4.74 Å². The lowest BCUT2D eigenvalue weighted by Gasteiger charge is -2.17. The minimum atomic E-state index is -0.377. The van der Waals surface area contributed by atoms with Gasteiger partial charge in [-0.15, -0.1) is 0 Å². The predicted molar refractivity (Wildman–Crippen MR) is 104 cm³/mol. The average Bonchev–Trinajstić information content (AvgIpc) is 3.33. The second-order valence-electron chi connectivity index (χ2n) is 7.26. The third kappa shape index (κ3) is 5.00. The van der Waals surface area contributed by atoms with Gasteiger partial charge >= 0.3 is 5.97 Å². The molecule has 156 valence electrons. The first-order valence-corrected chi connectivity index (χ1v) is 9.98. The summed E-state index contributed by atoms with van der Waals surface area (Å²) in [4.78, 5) is 49.8. The summed E-state index contributed by atoms with van der Waals surface area (Å²) in [5.41, 5.74) is 0.935. The molecule has 3 amide bonds. The van der Waals surface area contributed by atoms with Crippen LogP contribution in [0.5, 0.6) is 0 Å². The molecule has 1 atom stereocenters. The molecule has 29 heavy (non-hydrogen) atoms. The maximum absolute atomic E-state index is 12.7. The smallest absolute Gasteiger partial charge is 0.305 e. The van der Waals surface area contributed by atoms with E-state index in [1.807, 2.05) is 0 Å². The zero-order valence-corrected chi connectivity index (χ0v) is 16.6. The molecule has 0 saturated carbocycles. The number of imide groups is 1. The monoisotopic (exact) mass is 402 g/mol. The van der Waals surface area contributed by atoms with Crippen molar-refractivity contribution < 1.29 is 28.7 Å². The van der Waals surface area contributed by atoms with Crippen molar-refractivity contribution in [3.63, 3.8) is 0 Å². The van der Waals surface area contributed by atoms with Crippen molar-refractivity contribution in [2.45, 2.75) is 44.6 Å². The predicted octanol–water partition coefficient (Wildman–Crippen LogP) is 1.92. The van der Waals surface area contributed by atoms with Crippen molar-refractivity contribution in [1.29, 1.82) is 0 Å². The molecule has 1 aromatic rings. The van der Waals surface area contributed by atoms with Crippen LogP contribution in [0.3, 0.4) is 0 Å². The molecule has 2 aliphatic rings. The molecule has 2 heterocycles.